The minimum atomic E-state index is -2.86. The lowest BCUT2D eigenvalue weighted by Gasteiger charge is -2.23. The van der Waals surface area contributed by atoms with Crippen molar-refractivity contribution in [2.75, 3.05) is 25.0 Å². The van der Waals surface area contributed by atoms with Crippen molar-refractivity contribution in [3.63, 3.8) is 0 Å². The molecule has 0 saturated heterocycles. The molecule has 0 unspecified atom stereocenters. The van der Waals surface area contributed by atoms with Crippen LogP contribution in [-0.2, 0) is 11.3 Å². The third-order valence-electron chi connectivity index (χ3n) is 4.25. The van der Waals surface area contributed by atoms with Gasteiger partial charge in [0.15, 0.2) is 5.96 Å². The molecule has 1 aliphatic heterocycles. The normalized spacial score (nSPS) is 12.8. The standard InChI is InChI=1S/C13H16F2N4O2.C8H7BrClNO2.2C2H6/c1-2-16-11(21)8-3-9(5-10(20)4-8)19-12-17-6-13(14,15)7-18-12;9-7-2-6(10)1-5(8(7)13)3-11-4-12;2*1-2/h3-5,20H,2,6-7H2,1H3,(H,16,21)(H2,17,18,19);1-2,4,13H,3H2,(H,11,12);2*1-2H3. The van der Waals surface area contributed by atoms with Crippen LogP contribution in [0.2, 0.25) is 5.02 Å². The number of hydrogen-bond acceptors (Lipinski definition) is 7. The fourth-order valence-electron chi connectivity index (χ4n) is 2.72. The number of aliphatic imine (C=N–C) groups is 1. The van der Waals surface area contributed by atoms with E-state index in [4.69, 9.17) is 11.6 Å². The van der Waals surface area contributed by atoms with Crippen LogP contribution in [0.15, 0.2) is 39.8 Å². The molecule has 0 radical (unpaired) electrons. The molecule has 2 aromatic carbocycles. The lowest BCUT2D eigenvalue weighted by atomic mass is 10.1. The first kappa shape index (κ1) is 34.9. The van der Waals surface area contributed by atoms with Crippen molar-refractivity contribution in [1.29, 1.82) is 0 Å². The molecule has 0 bridgehead atoms. The molecular weight excluding hydrogens is 588 g/mol. The Morgan fingerprint density at radius 1 is 1.18 bits per heavy atom. The lowest BCUT2D eigenvalue weighted by molar-refractivity contribution is -0.109. The average molecular weight is 623 g/mol. The van der Waals surface area contributed by atoms with Crippen LogP contribution in [-0.4, -0.2) is 54.0 Å². The number of guanidine groups is 1. The summed E-state index contributed by atoms with van der Waals surface area (Å²) in [5.74, 6) is -3.03. The molecule has 0 aromatic heterocycles. The number of rotatable bonds is 6. The van der Waals surface area contributed by atoms with Gasteiger partial charge in [0.25, 0.3) is 11.8 Å². The van der Waals surface area contributed by atoms with E-state index in [2.05, 4.69) is 42.2 Å². The maximum atomic E-state index is 12.9. The second kappa shape index (κ2) is 18.2. The number of phenolic OH excluding ortho intramolecular Hbond substituents is 2. The van der Waals surface area contributed by atoms with Crippen molar-refractivity contribution in [3.05, 3.63) is 51.0 Å². The SMILES string of the molecule is CC.CC.CCNC(=O)c1cc(O)cc(NC2=NCC(F)(F)CN2)c1.O=CNCc1cc(Cl)cc(Br)c1O. The highest BCUT2D eigenvalue weighted by Gasteiger charge is 2.32. The monoisotopic (exact) mass is 621 g/mol. The van der Waals surface area contributed by atoms with Gasteiger partial charge in [-0.05, 0) is 47.1 Å². The van der Waals surface area contributed by atoms with Crippen LogP contribution >= 0.6 is 27.5 Å². The maximum Gasteiger partial charge on any atom is 0.284 e. The van der Waals surface area contributed by atoms with Gasteiger partial charge in [0.05, 0.1) is 11.0 Å². The molecule has 6 N–H and O–H groups in total. The number of carbonyl (C=O) groups excluding carboxylic acids is 2. The number of phenols is 2. The van der Waals surface area contributed by atoms with Crippen molar-refractivity contribution in [1.82, 2.24) is 16.0 Å². The van der Waals surface area contributed by atoms with E-state index in [-0.39, 0.29) is 35.5 Å². The van der Waals surface area contributed by atoms with E-state index in [0.29, 0.717) is 33.7 Å². The number of halogens is 4. The van der Waals surface area contributed by atoms with Gasteiger partial charge in [0.2, 0.25) is 6.41 Å². The maximum absolute atomic E-state index is 12.9. The van der Waals surface area contributed by atoms with Gasteiger partial charge in [-0.1, -0.05) is 39.3 Å². The zero-order valence-electron chi connectivity index (χ0n) is 22.0. The Kier molecular flexibility index (Phi) is 16.7. The molecule has 13 heteroatoms. The van der Waals surface area contributed by atoms with Crippen molar-refractivity contribution in [3.8, 4) is 11.5 Å². The van der Waals surface area contributed by atoms with E-state index in [1.165, 1.54) is 18.2 Å². The van der Waals surface area contributed by atoms with Crippen LogP contribution in [0.3, 0.4) is 0 Å². The number of hydrogen-bond donors (Lipinski definition) is 6. The smallest absolute Gasteiger partial charge is 0.284 e. The second-order valence-electron chi connectivity index (χ2n) is 7.02. The highest BCUT2D eigenvalue weighted by molar-refractivity contribution is 9.10. The summed E-state index contributed by atoms with van der Waals surface area (Å²) < 4.78 is 26.4. The number of nitrogens with one attached hydrogen (secondary N) is 4. The minimum Gasteiger partial charge on any atom is -0.508 e. The number of amides is 2. The zero-order chi connectivity index (χ0) is 29.3. The van der Waals surface area contributed by atoms with Crippen LogP contribution in [0.5, 0.6) is 11.5 Å². The number of benzene rings is 2. The number of nitrogens with zero attached hydrogens (tertiary/aromatic N) is 1. The molecule has 212 valence electrons. The van der Waals surface area contributed by atoms with Crippen LogP contribution in [0.4, 0.5) is 14.5 Å². The molecule has 1 heterocycles. The quantitative estimate of drug-likeness (QED) is 0.244. The Morgan fingerprint density at radius 3 is 2.39 bits per heavy atom. The number of anilines is 1. The molecule has 0 saturated carbocycles. The molecule has 2 amide bonds. The van der Waals surface area contributed by atoms with Gasteiger partial charge in [-0.25, -0.2) is 13.8 Å². The third-order valence-corrected chi connectivity index (χ3v) is 5.07. The third kappa shape index (κ3) is 12.4. The fraction of sp³-hybridized carbons (Fsp3) is 0.400. The summed E-state index contributed by atoms with van der Waals surface area (Å²) in [7, 11) is 0. The topological polar surface area (TPSA) is 135 Å². The van der Waals surface area contributed by atoms with E-state index >= 15 is 0 Å². The van der Waals surface area contributed by atoms with Gasteiger partial charge in [-0.3, -0.25) is 9.59 Å². The lowest BCUT2D eigenvalue weighted by Crippen LogP contribution is -2.46. The summed E-state index contributed by atoms with van der Waals surface area (Å²) in [5, 5.41) is 29.9. The van der Waals surface area contributed by atoms with Gasteiger partial charge in [-0.2, -0.15) is 0 Å². The summed E-state index contributed by atoms with van der Waals surface area (Å²) in [6, 6.07) is 7.38. The minimum absolute atomic E-state index is 0.0961. The molecule has 0 spiro atoms. The van der Waals surface area contributed by atoms with Crippen LogP contribution in [0.1, 0.15) is 50.5 Å². The molecule has 1 aliphatic rings. The van der Waals surface area contributed by atoms with Crippen LogP contribution in [0, 0.1) is 0 Å². The van der Waals surface area contributed by atoms with Gasteiger partial charge in [0.1, 0.15) is 18.0 Å². The highest BCUT2D eigenvalue weighted by Crippen LogP contribution is 2.31. The van der Waals surface area contributed by atoms with Crippen LogP contribution in [0.25, 0.3) is 0 Å². The molecule has 3 rings (SSSR count). The number of alkyl halides is 2. The van der Waals surface area contributed by atoms with Crippen molar-refractivity contribution in [2.45, 2.75) is 47.1 Å². The Bertz CT molecular complexity index is 1070. The summed E-state index contributed by atoms with van der Waals surface area (Å²) in [6.07, 6.45) is 0.564. The Morgan fingerprint density at radius 2 is 1.84 bits per heavy atom. The summed E-state index contributed by atoms with van der Waals surface area (Å²) in [5.41, 5.74) is 1.22. The first-order valence-electron chi connectivity index (χ1n) is 11.9. The van der Waals surface area contributed by atoms with Gasteiger partial charge in [-0.15, -0.1) is 0 Å². The zero-order valence-corrected chi connectivity index (χ0v) is 24.3. The predicted molar refractivity (Wildman–Crippen MR) is 151 cm³/mol. The summed E-state index contributed by atoms with van der Waals surface area (Å²) in [6.45, 7) is 9.38. The van der Waals surface area contributed by atoms with Crippen molar-refractivity contribution < 1.29 is 28.6 Å². The molecule has 9 nitrogen and oxygen atoms in total. The van der Waals surface area contributed by atoms with E-state index < -0.39 is 19.0 Å². The first-order valence-corrected chi connectivity index (χ1v) is 13.1. The van der Waals surface area contributed by atoms with Crippen molar-refractivity contribution >= 4 is 51.5 Å². The summed E-state index contributed by atoms with van der Waals surface area (Å²) in [4.78, 5) is 25.4. The highest BCUT2D eigenvalue weighted by atomic mass is 79.9. The average Bonchev–Trinajstić information content (AvgIpc) is 2.89. The van der Waals surface area contributed by atoms with Gasteiger partial charge >= 0.3 is 0 Å². The molecule has 2 aromatic rings. The Balaban J connectivity index is 0.000000692. The fourth-order valence-corrected chi connectivity index (χ4v) is 3.60. The van der Waals surface area contributed by atoms with E-state index in [1.807, 2.05) is 27.7 Å². The Hall–Kier alpha value is -3.12. The van der Waals surface area contributed by atoms with E-state index in [1.54, 1.807) is 19.1 Å². The molecule has 0 atom stereocenters. The molecular formula is C25H35BrClF2N5O4. The van der Waals surface area contributed by atoms with Crippen molar-refractivity contribution in [2.24, 2.45) is 4.99 Å². The largest absolute Gasteiger partial charge is 0.508 e. The second-order valence-corrected chi connectivity index (χ2v) is 8.31. The molecule has 0 fully saturated rings. The van der Waals surface area contributed by atoms with Crippen LogP contribution < -0.4 is 21.3 Å². The van der Waals surface area contributed by atoms with E-state index in [9.17, 15) is 28.6 Å². The van der Waals surface area contributed by atoms with E-state index in [0.717, 1.165) is 0 Å². The predicted octanol–water partition coefficient (Wildman–Crippen LogP) is 5.25. The Labute approximate surface area is 235 Å². The number of carbonyl (C=O) groups is 2. The molecule has 38 heavy (non-hydrogen) atoms. The summed E-state index contributed by atoms with van der Waals surface area (Å²) >= 11 is 8.88. The first-order chi connectivity index (χ1) is 18.0. The van der Waals surface area contributed by atoms with Gasteiger partial charge in [0, 0.05) is 41.0 Å². The van der Waals surface area contributed by atoms with Gasteiger partial charge < -0.3 is 31.5 Å². The molecule has 0 aliphatic carbocycles. The number of aromatic hydroxyl groups is 2.